The molecule has 1 aliphatic rings. The zero-order valence-corrected chi connectivity index (χ0v) is 10.7. The van der Waals surface area contributed by atoms with Crippen LogP contribution in [0.3, 0.4) is 0 Å². The second-order valence-corrected chi connectivity index (χ2v) is 4.11. The number of nitrogens with one attached hydrogen (secondary N) is 1. The van der Waals surface area contributed by atoms with Gasteiger partial charge in [-0.15, -0.1) is 0 Å². The third-order valence-corrected chi connectivity index (χ3v) is 2.69. The Bertz CT molecular complexity index is 704. The van der Waals surface area contributed by atoms with Gasteiger partial charge in [0.25, 0.3) is 5.88 Å². The lowest BCUT2D eigenvalue weighted by molar-refractivity contribution is 0.0516. The number of carbonyl (C=O) groups is 1. The summed E-state index contributed by atoms with van der Waals surface area (Å²) in [5.41, 5.74) is 1.13. The number of carbonyl (C=O) groups excluding carboxylic acids is 1. The molecule has 0 bridgehead atoms. The Morgan fingerprint density at radius 2 is 2.30 bits per heavy atom. The summed E-state index contributed by atoms with van der Waals surface area (Å²) in [6, 6.07) is 7.44. The van der Waals surface area contributed by atoms with Crippen molar-refractivity contribution in [3.05, 3.63) is 35.5 Å². The van der Waals surface area contributed by atoms with Crippen LogP contribution in [0, 0.1) is 11.8 Å². The average Bonchev–Trinajstić information content (AvgIpc) is 3.20. The molecule has 0 unspecified atom stereocenters. The summed E-state index contributed by atoms with van der Waals surface area (Å²) in [4.78, 5) is 11.7. The molecule has 100 valence electrons. The maximum atomic E-state index is 11.7. The molecular weight excluding hydrogens is 258 g/mol. The van der Waals surface area contributed by atoms with Crippen LogP contribution >= 0.6 is 0 Å². The average molecular weight is 269 g/mol. The van der Waals surface area contributed by atoms with Crippen LogP contribution in [0.1, 0.15) is 28.9 Å². The molecule has 0 aliphatic heterocycles. The van der Waals surface area contributed by atoms with Crippen LogP contribution in [0.25, 0.3) is 0 Å². The molecule has 0 radical (unpaired) electrons. The number of aromatic amines is 1. The van der Waals surface area contributed by atoms with Crippen LogP contribution in [0.2, 0.25) is 0 Å². The van der Waals surface area contributed by atoms with E-state index < -0.39 is 5.97 Å². The van der Waals surface area contributed by atoms with Crippen molar-refractivity contribution in [2.24, 2.45) is 0 Å². The fourth-order valence-electron chi connectivity index (χ4n) is 1.70. The summed E-state index contributed by atoms with van der Waals surface area (Å²) in [5, 5.41) is 9.79. The van der Waals surface area contributed by atoms with Crippen LogP contribution in [0.15, 0.2) is 24.3 Å². The van der Waals surface area contributed by atoms with Gasteiger partial charge in [-0.3, -0.25) is 0 Å². The molecule has 6 heteroatoms. The molecular formula is C14H11N3O3. The normalized spacial score (nSPS) is 12.4. The molecule has 0 fully saturated rings. The van der Waals surface area contributed by atoms with Crippen molar-refractivity contribution in [1.29, 1.82) is 0 Å². The molecule has 3 rings (SSSR count). The van der Waals surface area contributed by atoms with Crippen molar-refractivity contribution in [2.45, 2.75) is 12.8 Å². The Morgan fingerprint density at radius 3 is 3.05 bits per heavy atom. The van der Waals surface area contributed by atoms with E-state index in [0.717, 1.165) is 5.56 Å². The molecule has 1 aliphatic carbocycles. The Morgan fingerprint density at radius 1 is 1.45 bits per heavy atom. The van der Waals surface area contributed by atoms with Gasteiger partial charge in [-0.25, -0.2) is 9.89 Å². The van der Waals surface area contributed by atoms with Crippen LogP contribution in [-0.4, -0.2) is 28.0 Å². The molecule has 1 aromatic heterocycles. The summed E-state index contributed by atoms with van der Waals surface area (Å²) in [6.45, 7) is 1.99. The van der Waals surface area contributed by atoms with Gasteiger partial charge in [-0.1, -0.05) is 34.3 Å². The van der Waals surface area contributed by atoms with Crippen LogP contribution in [0.4, 0.5) is 0 Å². The third kappa shape index (κ3) is 2.47. The highest BCUT2D eigenvalue weighted by molar-refractivity contribution is 5.89. The van der Waals surface area contributed by atoms with E-state index in [1.54, 1.807) is 13.0 Å². The molecule has 0 atom stereocenters. The summed E-state index contributed by atoms with van der Waals surface area (Å²) in [7, 11) is 0. The Balaban J connectivity index is 1.79. The number of ether oxygens (including phenoxy) is 2. The highest BCUT2D eigenvalue weighted by atomic mass is 16.5. The van der Waals surface area contributed by atoms with Crippen LogP contribution in [0.5, 0.6) is 11.6 Å². The number of H-pyrrole nitrogens is 1. The van der Waals surface area contributed by atoms with Crippen molar-refractivity contribution >= 4 is 5.97 Å². The predicted molar refractivity (Wildman–Crippen MR) is 69.4 cm³/mol. The van der Waals surface area contributed by atoms with E-state index in [9.17, 15) is 4.79 Å². The fraction of sp³-hybridized carbons (Fsp3) is 0.214. The lowest BCUT2D eigenvalue weighted by atomic mass is 10.1. The number of rotatable bonds is 5. The topological polar surface area (TPSA) is 77.1 Å². The molecule has 2 aromatic rings. The van der Waals surface area contributed by atoms with E-state index in [4.69, 9.17) is 9.47 Å². The van der Waals surface area contributed by atoms with Crippen molar-refractivity contribution in [3.63, 3.8) is 0 Å². The minimum Gasteiger partial charge on any atom is -0.461 e. The van der Waals surface area contributed by atoms with E-state index in [0.29, 0.717) is 5.75 Å². The van der Waals surface area contributed by atoms with E-state index >= 15 is 0 Å². The van der Waals surface area contributed by atoms with Gasteiger partial charge in [-0.05, 0) is 24.6 Å². The molecule has 0 amide bonds. The maximum absolute atomic E-state index is 11.7. The first-order valence-corrected chi connectivity index (χ1v) is 6.15. The zero-order chi connectivity index (χ0) is 13.9. The highest BCUT2D eigenvalue weighted by Crippen LogP contribution is 2.28. The SMILES string of the molecule is CCOC(=O)c1[nH]nnc1Oc1cccc(C2C#C2)c1. The number of hydrogen-bond donors (Lipinski definition) is 1. The van der Waals surface area contributed by atoms with Gasteiger partial charge in [0.1, 0.15) is 11.7 Å². The summed E-state index contributed by atoms with van der Waals surface area (Å²) in [6.07, 6.45) is 0. The van der Waals surface area contributed by atoms with Gasteiger partial charge in [-0.2, -0.15) is 0 Å². The third-order valence-electron chi connectivity index (χ3n) is 2.69. The predicted octanol–water partition coefficient (Wildman–Crippen LogP) is 1.87. The molecule has 0 spiro atoms. The molecule has 0 saturated heterocycles. The van der Waals surface area contributed by atoms with Gasteiger partial charge in [0.15, 0.2) is 0 Å². The number of esters is 1. The van der Waals surface area contributed by atoms with Crippen molar-refractivity contribution in [1.82, 2.24) is 15.4 Å². The first-order chi connectivity index (χ1) is 9.78. The maximum Gasteiger partial charge on any atom is 0.362 e. The fourth-order valence-corrected chi connectivity index (χ4v) is 1.70. The monoisotopic (exact) mass is 269 g/mol. The van der Waals surface area contributed by atoms with E-state index in [1.807, 2.05) is 18.2 Å². The highest BCUT2D eigenvalue weighted by Gasteiger charge is 2.19. The molecule has 1 heterocycles. The number of nitrogens with zero attached hydrogens (tertiary/aromatic N) is 2. The van der Waals surface area contributed by atoms with Crippen LogP contribution < -0.4 is 4.74 Å². The van der Waals surface area contributed by atoms with Crippen molar-refractivity contribution in [2.75, 3.05) is 6.61 Å². The van der Waals surface area contributed by atoms with E-state index in [1.165, 1.54) is 0 Å². The zero-order valence-electron chi connectivity index (χ0n) is 10.7. The lowest BCUT2D eigenvalue weighted by Gasteiger charge is -2.05. The Kier molecular flexibility index (Phi) is 3.09. The van der Waals surface area contributed by atoms with Gasteiger partial charge >= 0.3 is 5.97 Å². The van der Waals surface area contributed by atoms with Gasteiger partial charge < -0.3 is 9.47 Å². The number of hydrogen-bond acceptors (Lipinski definition) is 5. The quantitative estimate of drug-likeness (QED) is 0.662. The molecule has 1 N–H and O–H groups in total. The Labute approximate surface area is 115 Å². The van der Waals surface area contributed by atoms with Gasteiger partial charge in [0.2, 0.25) is 5.69 Å². The van der Waals surface area contributed by atoms with E-state index in [2.05, 4.69) is 27.3 Å². The van der Waals surface area contributed by atoms with Gasteiger partial charge in [0, 0.05) is 0 Å². The van der Waals surface area contributed by atoms with Gasteiger partial charge in [0.05, 0.1) is 6.61 Å². The Hall–Kier alpha value is -2.81. The minimum atomic E-state index is -0.547. The largest absolute Gasteiger partial charge is 0.461 e. The molecule has 0 saturated carbocycles. The minimum absolute atomic E-state index is 0.0947. The summed E-state index contributed by atoms with van der Waals surface area (Å²) < 4.78 is 10.5. The molecule has 6 nitrogen and oxygen atoms in total. The molecule has 20 heavy (non-hydrogen) atoms. The standard InChI is InChI=1S/C14H11N3O3/c1-2-19-14(18)12-13(16-17-15-12)20-11-5-3-4-10(8-11)9-6-7-9/h3-5,8-9H,2H2,1H3,(H,15,16,17). The first-order valence-electron chi connectivity index (χ1n) is 6.15. The van der Waals surface area contributed by atoms with Crippen LogP contribution in [-0.2, 0) is 4.74 Å². The first kappa shape index (κ1) is 12.2. The van der Waals surface area contributed by atoms with E-state index in [-0.39, 0.29) is 24.1 Å². The number of benzene rings is 1. The smallest absolute Gasteiger partial charge is 0.362 e. The second kappa shape index (κ2) is 5.05. The lowest BCUT2D eigenvalue weighted by Crippen LogP contribution is -2.06. The molecule has 1 aromatic carbocycles. The second-order valence-electron chi connectivity index (χ2n) is 4.11. The summed E-state index contributed by atoms with van der Waals surface area (Å²) in [5.74, 6) is 6.19. The summed E-state index contributed by atoms with van der Waals surface area (Å²) >= 11 is 0. The van der Waals surface area contributed by atoms with Crippen molar-refractivity contribution in [3.8, 4) is 23.5 Å². The number of aromatic nitrogens is 3. The van der Waals surface area contributed by atoms with Crippen molar-refractivity contribution < 1.29 is 14.3 Å².